The van der Waals surface area contributed by atoms with Gasteiger partial charge in [-0.3, -0.25) is 4.79 Å². The lowest BCUT2D eigenvalue weighted by molar-refractivity contribution is 0.1000. The predicted octanol–water partition coefficient (Wildman–Crippen LogP) is 1.83. The van der Waals surface area contributed by atoms with Crippen molar-refractivity contribution in [3.8, 4) is 5.75 Å². The fourth-order valence-electron chi connectivity index (χ4n) is 2.79. The lowest BCUT2D eigenvalue weighted by Gasteiger charge is -2.31. The molecule has 0 spiro atoms. The molecule has 0 aromatic heterocycles. The minimum atomic E-state index is -0.435. The molecule has 2 atom stereocenters. The zero-order valence-electron chi connectivity index (χ0n) is 11.7. The number of ether oxygens (including phenoxy) is 1. The van der Waals surface area contributed by atoms with Gasteiger partial charge in [0, 0.05) is 23.1 Å². The number of benzene rings is 2. The van der Waals surface area contributed by atoms with Gasteiger partial charge < -0.3 is 16.2 Å². The molecule has 2 aromatic rings. The van der Waals surface area contributed by atoms with Gasteiger partial charge in [-0.1, -0.05) is 30.3 Å². The molecular weight excluding hydrogens is 264 g/mol. The van der Waals surface area contributed by atoms with Crippen molar-refractivity contribution in [2.24, 2.45) is 11.5 Å². The smallest absolute Gasteiger partial charge is 0.248 e. The maximum atomic E-state index is 11.4. The van der Waals surface area contributed by atoms with Gasteiger partial charge in [0.2, 0.25) is 5.91 Å². The molecule has 0 saturated carbocycles. The van der Waals surface area contributed by atoms with Gasteiger partial charge >= 0.3 is 0 Å². The molecule has 2 aromatic carbocycles. The molecule has 0 aliphatic carbocycles. The molecule has 0 bridgehead atoms. The first-order valence-corrected chi connectivity index (χ1v) is 7.01. The van der Waals surface area contributed by atoms with Gasteiger partial charge in [0.15, 0.2) is 0 Å². The van der Waals surface area contributed by atoms with Gasteiger partial charge in [0.05, 0.1) is 0 Å². The third kappa shape index (κ3) is 2.76. The van der Waals surface area contributed by atoms with E-state index in [0.29, 0.717) is 12.2 Å². The summed E-state index contributed by atoms with van der Waals surface area (Å²) in [6.07, 6.45) is 0.820. The minimum Gasteiger partial charge on any atom is -0.492 e. The molecule has 4 nitrogen and oxygen atoms in total. The second-order valence-electron chi connectivity index (χ2n) is 5.39. The Morgan fingerprint density at radius 2 is 1.95 bits per heavy atom. The Morgan fingerprint density at radius 1 is 1.19 bits per heavy atom. The molecule has 0 radical (unpaired) electrons. The maximum Gasteiger partial charge on any atom is 0.248 e. The topological polar surface area (TPSA) is 78.3 Å². The van der Waals surface area contributed by atoms with Gasteiger partial charge in [-0.2, -0.15) is 0 Å². The van der Waals surface area contributed by atoms with E-state index < -0.39 is 5.91 Å². The SMILES string of the molecule is NC(=O)c1ccc2c(c1)[C@H](Cc1ccccc1)[C@H](N)CO2. The Morgan fingerprint density at radius 3 is 2.67 bits per heavy atom. The van der Waals surface area contributed by atoms with Gasteiger partial charge in [-0.25, -0.2) is 0 Å². The van der Waals surface area contributed by atoms with Crippen LogP contribution in [0.15, 0.2) is 48.5 Å². The molecule has 0 fully saturated rings. The van der Waals surface area contributed by atoms with E-state index in [1.165, 1.54) is 5.56 Å². The van der Waals surface area contributed by atoms with E-state index in [-0.39, 0.29) is 12.0 Å². The van der Waals surface area contributed by atoms with E-state index in [9.17, 15) is 4.79 Å². The van der Waals surface area contributed by atoms with Crippen LogP contribution in [0.2, 0.25) is 0 Å². The highest BCUT2D eigenvalue weighted by Gasteiger charge is 2.29. The summed E-state index contributed by atoms with van der Waals surface area (Å²) in [4.78, 5) is 11.4. The zero-order chi connectivity index (χ0) is 14.8. The lowest BCUT2D eigenvalue weighted by atomic mass is 9.83. The van der Waals surface area contributed by atoms with Gasteiger partial charge in [0.1, 0.15) is 12.4 Å². The molecule has 0 unspecified atom stereocenters. The third-order valence-corrected chi connectivity index (χ3v) is 3.94. The molecule has 1 heterocycles. The Hall–Kier alpha value is -2.33. The molecule has 4 N–H and O–H groups in total. The first-order chi connectivity index (χ1) is 10.1. The van der Waals surface area contributed by atoms with Crippen LogP contribution in [0.5, 0.6) is 5.75 Å². The van der Waals surface area contributed by atoms with Crippen molar-refractivity contribution in [1.82, 2.24) is 0 Å². The number of carbonyl (C=O) groups excluding carboxylic acids is 1. The number of hydrogen-bond donors (Lipinski definition) is 2. The first-order valence-electron chi connectivity index (χ1n) is 7.01. The maximum absolute atomic E-state index is 11.4. The molecule has 1 aliphatic rings. The van der Waals surface area contributed by atoms with E-state index in [4.69, 9.17) is 16.2 Å². The number of rotatable bonds is 3. The van der Waals surface area contributed by atoms with Crippen LogP contribution in [0.4, 0.5) is 0 Å². The van der Waals surface area contributed by atoms with E-state index in [0.717, 1.165) is 17.7 Å². The Kier molecular flexibility index (Phi) is 3.62. The number of hydrogen-bond acceptors (Lipinski definition) is 3. The van der Waals surface area contributed by atoms with E-state index >= 15 is 0 Å². The standard InChI is InChI=1S/C17H18N2O2/c18-15-10-21-16-7-6-12(17(19)20)9-14(16)13(15)8-11-4-2-1-3-5-11/h1-7,9,13,15H,8,10,18H2,(H2,19,20)/t13-,15+/m0/s1. The van der Waals surface area contributed by atoms with Crippen molar-refractivity contribution in [2.45, 2.75) is 18.4 Å². The van der Waals surface area contributed by atoms with Crippen molar-refractivity contribution < 1.29 is 9.53 Å². The highest BCUT2D eigenvalue weighted by Crippen LogP contribution is 2.36. The summed E-state index contributed by atoms with van der Waals surface area (Å²) in [5.41, 5.74) is 14.3. The molecule has 1 amide bonds. The Labute approximate surface area is 123 Å². The summed E-state index contributed by atoms with van der Waals surface area (Å²) in [5.74, 6) is 0.480. The first kappa shape index (κ1) is 13.6. The van der Waals surface area contributed by atoms with Gasteiger partial charge in [0.25, 0.3) is 0 Å². The molecular formula is C17H18N2O2. The van der Waals surface area contributed by atoms with Gasteiger partial charge in [-0.05, 0) is 30.2 Å². The molecule has 0 saturated heterocycles. The van der Waals surface area contributed by atoms with Crippen LogP contribution in [-0.2, 0) is 6.42 Å². The van der Waals surface area contributed by atoms with E-state index in [1.54, 1.807) is 12.1 Å². The van der Waals surface area contributed by atoms with Gasteiger partial charge in [-0.15, -0.1) is 0 Å². The third-order valence-electron chi connectivity index (χ3n) is 3.94. The number of nitrogens with two attached hydrogens (primary N) is 2. The molecule has 108 valence electrons. The Balaban J connectivity index is 1.97. The molecule has 3 rings (SSSR count). The highest BCUT2D eigenvalue weighted by atomic mass is 16.5. The van der Waals surface area contributed by atoms with Crippen molar-refractivity contribution in [3.63, 3.8) is 0 Å². The largest absolute Gasteiger partial charge is 0.492 e. The summed E-state index contributed by atoms with van der Waals surface area (Å²) in [6.45, 7) is 0.487. The van der Waals surface area contributed by atoms with Crippen molar-refractivity contribution in [2.75, 3.05) is 6.61 Å². The second kappa shape index (κ2) is 5.58. The predicted molar refractivity (Wildman–Crippen MR) is 81.3 cm³/mol. The van der Waals surface area contributed by atoms with Crippen LogP contribution in [0, 0.1) is 0 Å². The van der Waals surface area contributed by atoms with Crippen LogP contribution >= 0.6 is 0 Å². The highest BCUT2D eigenvalue weighted by molar-refractivity contribution is 5.93. The number of primary amides is 1. The molecule has 21 heavy (non-hydrogen) atoms. The van der Waals surface area contributed by atoms with Crippen LogP contribution in [0.3, 0.4) is 0 Å². The zero-order valence-corrected chi connectivity index (χ0v) is 11.7. The average Bonchev–Trinajstić information content (AvgIpc) is 2.50. The number of amides is 1. The second-order valence-corrected chi connectivity index (χ2v) is 5.39. The lowest BCUT2D eigenvalue weighted by Crippen LogP contribution is -2.39. The van der Waals surface area contributed by atoms with Crippen molar-refractivity contribution in [3.05, 3.63) is 65.2 Å². The van der Waals surface area contributed by atoms with Crippen molar-refractivity contribution >= 4 is 5.91 Å². The summed E-state index contributed by atoms with van der Waals surface area (Å²) in [7, 11) is 0. The van der Waals surface area contributed by atoms with Crippen LogP contribution in [0.25, 0.3) is 0 Å². The van der Waals surface area contributed by atoms with E-state index in [2.05, 4.69) is 12.1 Å². The van der Waals surface area contributed by atoms with Crippen molar-refractivity contribution in [1.29, 1.82) is 0 Å². The minimum absolute atomic E-state index is 0.0965. The molecule has 4 heteroatoms. The average molecular weight is 282 g/mol. The van der Waals surface area contributed by atoms with Crippen LogP contribution in [0.1, 0.15) is 27.4 Å². The number of carbonyl (C=O) groups is 1. The van der Waals surface area contributed by atoms with E-state index in [1.807, 2.05) is 24.3 Å². The van der Waals surface area contributed by atoms with Crippen LogP contribution in [-0.4, -0.2) is 18.6 Å². The fourth-order valence-corrected chi connectivity index (χ4v) is 2.79. The summed E-state index contributed by atoms with van der Waals surface area (Å²) < 4.78 is 5.66. The number of fused-ring (bicyclic) bond motifs is 1. The normalized spacial score (nSPS) is 20.4. The summed E-state index contributed by atoms with van der Waals surface area (Å²) in [6, 6.07) is 15.4. The summed E-state index contributed by atoms with van der Waals surface area (Å²) >= 11 is 0. The fraction of sp³-hybridized carbons (Fsp3) is 0.235. The Bertz CT molecular complexity index is 655. The molecule has 1 aliphatic heterocycles. The quantitative estimate of drug-likeness (QED) is 0.901. The van der Waals surface area contributed by atoms with Crippen LogP contribution < -0.4 is 16.2 Å². The monoisotopic (exact) mass is 282 g/mol. The summed E-state index contributed by atoms with van der Waals surface area (Å²) in [5, 5.41) is 0.